The summed E-state index contributed by atoms with van der Waals surface area (Å²) in [4.78, 5) is 18.1. The van der Waals surface area contributed by atoms with Crippen LogP contribution < -0.4 is 5.56 Å². The molecule has 3 aromatic rings. The van der Waals surface area contributed by atoms with Gasteiger partial charge in [-0.2, -0.15) is 9.78 Å². The summed E-state index contributed by atoms with van der Waals surface area (Å²) in [5.74, 6) is -1.48. The van der Waals surface area contributed by atoms with Crippen molar-refractivity contribution in [1.82, 2.24) is 9.66 Å². The van der Waals surface area contributed by atoms with Gasteiger partial charge in [0.05, 0.1) is 17.2 Å². The maximum absolute atomic E-state index is 13.5. The summed E-state index contributed by atoms with van der Waals surface area (Å²) < 4.78 is 28.0. The Morgan fingerprint density at radius 2 is 2.09 bits per heavy atom. The van der Waals surface area contributed by atoms with E-state index in [2.05, 4.69) is 10.1 Å². The fraction of sp³-hybridized carbons (Fsp3) is 0.133. The normalized spacial score (nSPS) is 11.6. The first-order chi connectivity index (χ1) is 10.6. The summed E-state index contributed by atoms with van der Waals surface area (Å²) in [7, 11) is 0. The van der Waals surface area contributed by atoms with Crippen LogP contribution >= 0.6 is 11.3 Å². The van der Waals surface area contributed by atoms with Gasteiger partial charge in [0, 0.05) is 4.88 Å². The molecule has 0 aliphatic rings. The van der Waals surface area contributed by atoms with Gasteiger partial charge < -0.3 is 0 Å². The number of benzene rings is 1. The number of hydrogen-bond donors (Lipinski definition) is 0. The molecule has 0 unspecified atom stereocenters. The lowest BCUT2D eigenvalue weighted by molar-refractivity contribution is 0.579. The highest BCUT2D eigenvalue weighted by molar-refractivity contribution is 7.18. The molecule has 0 N–H and O–H groups in total. The predicted octanol–water partition coefficient (Wildman–Crippen LogP) is 3.18. The summed E-state index contributed by atoms with van der Waals surface area (Å²) in [6.07, 6.45) is 3.03. The van der Waals surface area contributed by atoms with E-state index >= 15 is 0 Å². The largest absolute Gasteiger partial charge is 0.282 e. The van der Waals surface area contributed by atoms with E-state index in [0.717, 1.165) is 34.3 Å². The topological polar surface area (TPSA) is 47.2 Å². The molecule has 4 nitrogen and oxygen atoms in total. The third kappa shape index (κ3) is 2.55. The minimum atomic E-state index is -0.741. The maximum Gasteiger partial charge on any atom is 0.282 e. The van der Waals surface area contributed by atoms with Gasteiger partial charge in [-0.15, -0.1) is 11.3 Å². The molecule has 112 valence electrons. The Hall–Kier alpha value is -2.41. The first kappa shape index (κ1) is 14.5. The standard InChI is InChI=1S/C15H11F2N3OS/c1-2-9-6-10-14(22-9)18-8-20(15(10)21)19-7-11-12(16)4-3-5-13(11)17/h3-8H,2H2,1H3/b19-7+. The Kier molecular flexibility index (Phi) is 3.81. The van der Waals surface area contributed by atoms with Crippen LogP contribution in [0, 0.1) is 11.6 Å². The van der Waals surface area contributed by atoms with Crippen molar-refractivity contribution in [3.63, 3.8) is 0 Å². The number of rotatable bonds is 3. The number of halogens is 2. The lowest BCUT2D eigenvalue weighted by atomic mass is 10.2. The number of hydrogen-bond acceptors (Lipinski definition) is 4. The van der Waals surface area contributed by atoms with E-state index in [1.165, 1.54) is 23.7 Å². The summed E-state index contributed by atoms with van der Waals surface area (Å²) in [6.45, 7) is 1.99. The number of nitrogens with zero attached hydrogens (tertiary/aromatic N) is 3. The second-order valence-corrected chi connectivity index (χ2v) is 5.67. The van der Waals surface area contributed by atoms with Gasteiger partial charge in [0.2, 0.25) is 0 Å². The fourth-order valence-corrected chi connectivity index (χ4v) is 2.90. The zero-order chi connectivity index (χ0) is 15.7. The molecule has 0 bridgehead atoms. The van der Waals surface area contributed by atoms with E-state index in [4.69, 9.17) is 0 Å². The van der Waals surface area contributed by atoms with E-state index < -0.39 is 11.6 Å². The Balaban J connectivity index is 2.06. The third-order valence-corrected chi connectivity index (χ3v) is 4.33. The minimum Gasteiger partial charge on any atom is -0.267 e. The molecule has 3 rings (SSSR count). The molecule has 0 saturated heterocycles. The molecule has 0 atom stereocenters. The second kappa shape index (κ2) is 5.76. The Bertz CT molecular complexity index is 910. The van der Waals surface area contributed by atoms with Gasteiger partial charge in [-0.25, -0.2) is 13.8 Å². The summed E-state index contributed by atoms with van der Waals surface area (Å²) in [6, 6.07) is 5.28. The molecule has 0 radical (unpaired) electrons. The molecule has 22 heavy (non-hydrogen) atoms. The lowest BCUT2D eigenvalue weighted by Crippen LogP contribution is -2.16. The average Bonchev–Trinajstić information content (AvgIpc) is 2.93. The lowest BCUT2D eigenvalue weighted by Gasteiger charge is -1.99. The number of aryl methyl sites for hydroxylation is 1. The van der Waals surface area contributed by atoms with Crippen LogP contribution in [-0.4, -0.2) is 15.9 Å². The summed E-state index contributed by atoms with van der Waals surface area (Å²) in [5, 5.41) is 4.28. The number of aromatic nitrogens is 2. The smallest absolute Gasteiger partial charge is 0.267 e. The molecular weight excluding hydrogens is 308 g/mol. The van der Waals surface area contributed by atoms with Crippen molar-refractivity contribution in [3.05, 3.63) is 63.0 Å². The summed E-state index contributed by atoms with van der Waals surface area (Å²) >= 11 is 1.44. The zero-order valence-corrected chi connectivity index (χ0v) is 12.4. The van der Waals surface area contributed by atoms with Crippen molar-refractivity contribution in [2.24, 2.45) is 5.10 Å². The third-order valence-electron chi connectivity index (χ3n) is 3.15. The van der Waals surface area contributed by atoms with Crippen LogP contribution in [0.1, 0.15) is 17.4 Å². The molecular formula is C15H11F2N3OS. The van der Waals surface area contributed by atoms with E-state index in [1.54, 1.807) is 6.07 Å². The molecule has 0 fully saturated rings. The molecule has 0 saturated carbocycles. The van der Waals surface area contributed by atoms with Gasteiger partial charge in [0.1, 0.15) is 22.8 Å². The van der Waals surface area contributed by atoms with Crippen LogP contribution in [0.4, 0.5) is 8.78 Å². The summed E-state index contributed by atoms with van der Waals surface area (Å²) in [5.41, 5.74) is -0.664. The first-order valence-electron chi connectivity index (χ1n) is 6.58. The van der Waals surface area contributed by atoms with Gasteiger partial charge in [-0.1, -0.05) is 13.0 Å². The highest BCUT2D eigenvalue weighted by atomic mass is 32.1. The Labute approximate surface area is 128 Å². The first-order valence-corrected chi connectivity index (χ1v) is 7.40. The van der Waals surface area contributed by atoms with Crippen LogP contribution in [-0.2, 0) is 6.42 Å². The predicted molar refractivity (Wildman–Crippen MR) is 82.6 cm³/mol. The molecule has 0 amide bonds. The molecule has 0 aliphatic carbocycles. The van der Waals surface area contributed by atoms with E-state index in [0.29, 0.717) is 10.2 Å². The van der Waals surface area contributed by atoms with Crippen LogP contribution in [0.3, 0.4) is 0 Å². The van der Waals surface area contributed by atoms with Crippen LogP contribution in [0.5, 0.6) is 0 Å². The van der Waals surface area contributed by atoms with Gasteiger partial charge in [-0.3, -0.25) is 4.79 Å². The molecule has 0 spiro atoms. The SMILES string of the molecule is CCc1cc2c(=O)n(/N=C/c3c(F)cccc3F)cnc2s1. The van der Waals surface area contributed by atoms with Crippen LogP contribution in [0.15, 0.2) is 40.5 Å². The Morgan fingerprint density at radius 1 is 1.36 bits per heavy atom. The van der Waals surface area contributed by atoms with Crippen molar-refractivity contribution in [3.8, 4) is 0 Å². The zero-order valence-electron chi connectivity index (χ0n) is 11.6. The van der Waals surface area contributed by atoms with Crippen LogP contribution in [0.25, 0.3) is 10.2 Å². The van der Waals surface area contributed by atoms with E-state index in [-0.39, 0.29) is 11.1 Å². The van der Waals surface area contributed by atoms with Crippen molar-refractivity contribution in [1.29, 1.82) is 0 Å². The second-order valence-electron chi connectivity index (χ2n) is 4.56. The van der Waals surface area contributed by atoms with Gasteiger partial charge >= 0.3 is 0 Å². The quantitative estimate of drug-likeness (QED) is 0.696. The molecule has 2 aromatic heterocycles. The van der Waals surface area contributed by atoms with Gasteiger partial charge in [0.25, 0.3) is 5.56 Å². The van der Waals surface area contributed by atoms with E-state index in [9.17, 15) is 13.6 Å². The Morgan fingerprint density at radius 3 is 2.77 bits per heavy atom. The molecule has 7 heteroatoms. The van der Waals surface area contributed by atoms with Crippen molar-refractivity contribution in [2.75, 3.05) is 0 Å². The van der Waals surface area contributed by atoms with Crippen molar-refractivity contribution >= 4 is 27.8 Å². The van der Waals surface area contributed by atoms with Crippen molar-refractivity contribution < 1.29 is 8.78 Å². The number of fused-ring (bicyclic) bond motifs is 1. The highest BCUT2D eigenvalue weighted by Crippen LogP contribution is 2.20. The minimum absolute atomic E-state index is 0.297. The molecule has 0 aliphatic heterocycles. The molecule has 1 aromatic carbocycles. The monoisotopic (exact) mass is 319 g/mol. The fourth-order valence-electron chi connectivity index (χ4n) is 1.97. The number of thiophene rings is 1. The van der Waals surface area contributed by atoms with Crippen molar-refractivity contribution in [2.45, 2.75) is 13.3 Å². The van der Waals surface area contributed by atoms with Gasteiger partial charge in [-0.05, 0) is 24.6 Å². The molecule has 2 heterocycles. The maximum atomic E-state index is 13.5. The van der Waals surface area contributed by atoms with Crippen LogP contribution in [0.2, 0.25) is 0 Å². The highest BCUT2D eigenvalue weighted by Gasteiger charge is 2.09. The van der Waals surface area contributed by atoms with E-state index in [1.807, 2.05) is 6.92 Å². The van der Waals surface area contributed by atoms with Gasteiger partial charge in [0.15, 0.2) is 0 Å². The average molecular weight is 319 g/mol.